The van der Waals surface area contributed by atoms with Gasteiger partial charge in [0.15, 0.2) is 5.96 Å². The molecule has 0 unspecified atom stereocenters. The van der Waals surface area contributed by atoms with Gasteiger partial charge in [-0.2, -0.15) is 4.99 Å². The summed E-state index contributed by atoms with van der Waals surface area (Å²) in [6, 6.07) is 12.8. The van der Waals surface area contributed by atoms with E-state index in [-0.39, 0.29) is 11.7 Å². The summed E-state index contributed by atoms with van der Waals surface area (Å²) < 4.78 is 0. The van der Waals surface area contributed by atoms with Crippen LogP contribution in [0.3, 0.4) is 0 Å². The largest absolute Gasteiger partial charge is 0.508 e. The van der Waals surface area contributed by atoms with Crippen LogP contribution in [0.2, 0.25) is 0 Å². The van der Waals surface area contributed by atoms with Crippen molar-refractivity contribution in [3.8, 4) is 16.9 Å². The molecule has 118 valence electrons. The van der Waals surface area contributed by atoms with E-state index < -0.39 is 5.91 Å². The molecule has 23 heavy (non-hydrogen) atoms. The monoisotopic (exact) mass is 309 g/mol. The van der Waals surface area contributed by atoms with Crippen molar-refractivity contribution in [2.45, 2.75) is 13.8 Å². The Bertz CT molecular complexity index is 804. The highest BCUT2D eigenvalue weighted by Gasteiger charge is 2.10. The number of rotatable bonds is 3. The van der Waals surface area contributed by atoms with E-state index in [4.69, 9.17) is 11.5 Å². The summed E-state index contributed by atoms with van der Waals surface area (Å²) in [6.45, 7) is 3.63. The first-order chi connectivity index (χ1) is 10.9. The molecule has 0 aliphatic heterocycles. The molecule has 0 bridgehead atoms. The summed E-state index contributed by atoms with van der Waals surface area (Å²) in [4.78, 5) is 15.4. The molecule has 0 fully saturated rings. The van der Waals surface area contributed by atoms with Crippen molar-refractivity contribution in [1.82, 2.24) is 0 Å². The first kappa shape index (κ1) is 16.3. The van der Waals surface area contributed by atoms with Gasteiger partial charge in [0.2, 0.25) is 0 Å². The number of amides is 1. The van der Waals surface area contributed by atoms with Gasteiger partial charge in [-0.1, -0.05) is 30.3 Å². The van der Waals surface area contributed by atoms with Gasteiger partial charge in [0.25, 0.3) is 5.91 Å². The van der Waals surface area contributed by atoms with E-state index in [1.807, 2.05) is 31.2 Å². The van der Waals surface area contributed by atoms with Crippen molar-refractivity contribution in [2.75, 3.05) is 0 Å². The maximum Gasteiger partial charge on any atom is 0.275 e. The molecule has 5 nitrogen and oxygen atoms in total. The quantitative estimate of drug-likeness (QED) is 0.460. The van der Waals surface area contributed by atoms with Crippen molar-refractivity contribution < 1.29 is 9.90 Å². The molecule has 5 N–H and O–H groups in total. The normalized spacial score (nSPS) is 11.1. The second-order valence-corrected chi connectivity index (χ2v) is 5.26. The topological polar surface area (TPSA) is 102 Å². The Morgan fingerprint density at radius 2 is 1.87 bits per heavy atom. The number of aromatic hydroxyl groups is 1. The highest BCUT2D eigenvalue weighted by Crippen LogP contribution is 2.31. The van der Waals surface area contributed by atoms with Crippen molar-refractivity contribution in [3.63, 3.8) is 0 Å². The number of aliphatic imine (C=N–C) groups is 1. The van der Waals surface area contributed by atoms with Gasteiger partial charge in [0.1, 0.15) is 5.75 Å². The van der Waals surface area contributed by atoms with Gasteiger partial charge in [-0.3, -0.25) is 4.79 Å². The van der Waals surface area contributed by atoms with Crippen molar-refractivity contribution in [2.24, 2.45) is 16.5 Å². The molecule has 0 saturated heterocycles. The fraction of sp³-hybridized carbons (Fsp3) is 0.111. The Morgan fingerprint density at radius 1 is 1.17 bits per heavy atom. The maximum absolute atomic E-state index is 11.9. The van der Waals surface area contributed by atoms with Crippen LogP contribution < -0.4 is 11.5 Å². The molecular formula is C18H19N3O2. The molecule has 0 heterocycles. The van der Waals surface area contributed by atoms with Crippen LogP contribution in [-0.2, 0) is 4.79 Å². The predicted molar refractivity (Wildman–Crippen MR) is 92.7 cm³/mol. The maximum atomic E-state index is 11.9. The number of nitrogens with two attached hydrogens (primary N) is 2. The average Bonchev–Trinajstić information content (AvgIpc) is 2.46. The number of guanidine groups is 1. The van der Waals surface area contributed by atoms with Crippen LogP contribution >= 0.6 is 0 Å². The first-order valence-electron chi connectivity index (χ1n) is 7.10. The lowest BCUT2D eigenvalue weighted by Crippen LogP contribution is -2.24. The smallest absolute Gasteiger partial charge is 0.275 e. The van der Waals surface area contributed by atoms with Crippen LogP contribution in [-0.4, -0.2) is 17.0 Å². The summed E-state index contributed by atoms with van der Waals surface area (Å²) in [5.41, 5.74) is 14.6. The van der Waals surface area contributed by atoms with Crippen LogP contribution in [0.15, 0.2) is 53.0 Å². The van der Waals surface area contributed by atoms with Gasteiger partial charge in [-0.25, -0.2) is 0 Å². The van der Waals surface area contributed by atoms with Gasteiger partial charge in [0, 0.05) is 5.57 Å². The summed E-state index contributed by atoms with van der Waals surface area (Å²) >= 11 is 0. The predicted octanol–water partition coefficient (Wildman–Crippen LogP) is 2.57. The van der Waals surface area contributed by atoms with Gasteiger partial charge in [-0.05, 0) is 54.3 Å². The van der Waals surface area contributed by atoms with Gasteiger partial charge in [0.05, 0.1) is 0 Å². The molecule has 0 aromatic heterocycles. The molecular weight excluding hydrogens is 290 g/mol. The SMILES string of the molecule is CC(=Cc1cccc(C)c1-c1cccc(O)c1)C(=O)N=C(N)N. The third-order valence-electron chi connectivity index (χ3n) is 3.38. The number of phenols is 1. The van der Waals surface area contributed by atoms with Crippen molar-refractivity contribution >= 4 is 17.9 Å². The van der Waals surface area contributed by atoms with Crippen molar-refractivity contribution in [3.05, 3.63) is 59.2 Å². The van der Waals surface area contributed by atoms with E-state index >= 15 is 0 Å². The van der Waals surface area contributed by atoms with Gasteiger partial charge in [-0.15, -0.1) is 0 Å². The number of benzene rings is 2. The van der Waals surface area contributed by atoms with E-state index in [0.717, 1.165) is 22.3 Å². The molecule has 5 heteroatoms. The second kappa shape index (κ2) is 6.79. The summed E-state index contributed by atoms with van der Waals surface area (Å²) in [5.74, 6) is -0.553. The molecule has 0 atom stereocenters. The molecule has 0 aliphatic rings. The van der Waals surface area contributed by atoms with E-state index in [0.29, 0.717) is 5.57 Å². The summed E-state index contributed by atoms with van der Waals surface area (Å²) in [7, 11) is 0. The number of hydrogen-bond donors (Lipinski definition) is 3. The zero-order valence-electron chi connectivity index (χ0n) is 13.1. The molecule has 0 radical (unpaired) electrons. The molecule has 2 aromatic carbocycles. The van der Waals surface area contributed by atoms with Crippen LogP contribution in [0.25, 0.3) is 17.2 Å². The number of carbonyl (C=O) groups is 1. The minimum Gasteiger partial charge on any atom is -0.508 e. The Hall–Kier alpha value is -3.08. The third-order valence-corrected chi connectivity index (χ3v) is 3.38. The first-order valence-corrected chi connectivity index (χ1v) is 7.10. The van der Waals surface area contributed by atoms with Crippen LogP contribution in [0, 0.1) is 6.92 Å². The van der Waals surface area contributed by atoms with E-state index in [2.05, 4.69) is 4.99 Å². The van der Waals surface area contributed by atoms with E-state index in [1.54, 1.807) is 31.2 Å². The zero-order valence-corrected chi connectivity index (χ0v) is 13.1. The standard InChI is InChI=1S/C18H19N3O2/c1-11-5-3-6-13(9-12(2)17(23)21-18(19)20)16(11)14-7-4-8-15(22)10-14/h3-10,22H,1-2H3,(H4,19,20,21,23). The third kappa shape index (κ3) is 3.97. The molecule has 0 spiro atoms. The zero-order chi connectivity index (χ0) is 17.0. The van der Waals surface area contributed by atoms with Crippen LogP contribution in [0.4, 0.5) is 0 Å². The van der Waals surface area contributed by atoms with Gasteiger partial charge >= 0.3 is 0 Å². The summed E-state index contributed by atoms with van der Waals surface area (Å²) in [5, 5.41) is 9.71. The van der Waals surface area contributed by atoms with E-state index in [9.17, 15) is 9.90 Å². The number of nitrogens with zero attached hydrogens (tertiary/aromatic N) is 1. The van der Waals surface area contributed by atoms with Crippen LogP contribution in [0.5, 0.6) is 5.75 Å². The highest BCUT2D eigenvalue weighted by atomic mass is 16.3. The Kier molecular flexibility index (Phi) is 4.81. The average molecular weight is 309 g/mol. The molecule has 1 amide bonds. The fourth-order valence-corrected chi connectivity index (χ4v) is 2.37. The van der Waals surface area contributed by atoms with Crippen LogP contribution in [0.1, 0.15) is 18.1 Å². The second-order valence-electron chi connectivity index (χ2n) is 5.26. The summed E-state index contributed by atoms with van der Waals surface area (Å²) in [6.07, 6.45) is 1.74. The minimum atomic E-state index is -0.478. The number of carbonyl (C=O) groups excluding carboxylic acids is 1. The molecule has 0 aliphatic carbocycles. The molecule has 2 rings (SSSR count). The van der Waals surface area contributed by atoms with E-state index in [1.165, 1.54) is 0 Å². The molecule has 2 aromatic rings. The minimum absolute atomic E-state index is 0.189. The molecule has 0 saturated carbocycles. The lowest BCUT2D eigenvalue weighted by molar-refractivity contribution is -0.114. The fourth-order valence-electron chi connectivity index (χ4n) is 2.37. The lowest BCUT2D eigenvalue weighted by atomic mass is 9.94. The number of aryl methyl sites for hydroxylation is 1. The Labute approximate surface area is 135 Å². The highest BCUT2D eigenvalue weighted by molar-refractivity contribution is 6.04. The number of phenolic OH excluding ortho intramolecular Hbond substituents is 1. The van der Waals surface area contributed by atoms with Crippen molar-refractivity contribution in [1.29, 1.82) is 0 Å². The Morgan fingerprint density at radius 3 is 2.52 bits per heavy atom. The number of hydrogen-bond acceptors (Lipinski definition) is 2. The van der Waals surface area contributed by atoms with Gasteiger partial charge < -0.3 is 16.6 Å². The Balaban J connectivity index is 2.55. The lowest BCUT2D eigenvalue weighted by Gasteiger charge is -2.11.